The zero-order chi connectivity index (χ0) is 12.3. The van der Waals surface area contributed by atoms with Crippen LogP contribution in [-0.4, -0.2) is 6.29 Å². The second-order valence-corrected chi connectivity index (χ2v) is 3.65. The molecule has 0 aliphatic heterocycles. The maximum Gasteiger partial charge on any atom is 0.299 e. The maximum atomic E-state index is 14.2. The van der Waals surface area contributed by atoms with Crippen molar-refractivity contribution in [3.8, 4) is 0 Å². The van der Waals surface area contributed by atoms with E-state index in [1.165, 1.54) is 30.3 Å². The molecule has 0 spiro atoms. The Morgan fingerprint density at radius 3 is 2.12 bits per heavy atom. The van der Waals surface area contributed by atoms with Gasteiger partial charge in [-0.3, -0.25) is 4.79 Å². The Hall–Kier alpha value is -2.03. The van der Waals surface area contributed by atoms with Crippen molar-refractivity contribution < 1.29 is 13.6 Å². The quantitative estimate of drug-likeness (QED) is 0.738. The molecule has 86 valence electrons. The van der Waals surface area contributed by atoms with E-state index >= 15 is 0 Å². The van der Waals surface area contributed by atoms with Gasteiger partial charge in [0.1, 0.15) is 0 Å². The first kappa shape index (κ1) is 11.5. The van der Waals surface area contributed by atoms with E-state index in [2.05, 4.69) is 0 Å². The van der Waals surface area contributed by atoms with Crippen molar-refractivity contribution in [3.63, 3.8) is 0 Å². The molecular formula is C14H10F2O. The molecule has 2 rings (SSSR count). The smallest absolute Gasteiger partial charge is 0.298 e. The van der Waals surface area contributed by atoms with Gasteiger partial charge in [-0.15, -0.1) is 0 Å². The summed E-state index contributed by atoms with van der Waals surface area (Å²) in [5.74, 6) is -3.15. The summed E-state index contributed by atoms with van der Waals surface area (Å²) >= 11 is 0. The van der Waals surface area contributed by atoms with E-state index in [0.717, 1.165) is 0 Å². The van der Waals surface area contributed by atoms with Crippen LogP contribution in [0.3, 0.4) is 0 Å². The molecule has 0 saturated heterocycles. The zero-order valence-corrected chi connectivity index (χ0v) is 8.94. The monoisotopic (exact) mass is 232 g/mol. The number of rotatable bonds is 3. The molecule has 2 aromatic carbocycles. The highest BCUT2D eigenvalue weighted by Crippen LogP contribution is 2.36. The first-order valence-electron chi connectivity index (χ1n) is 5.14. The van der Waals surface area contributed by atoms with Crippen LogP contribution in [0.15, 0.2) is 54.6 Å². The fraction of sp³-hybridized carbons (Fsp3) is 0.0714. The highest BCUT2D eigenvalue weighted by atomic mass is 19.3. The fourth-order valence-electron chi connectivity index (χ4n) is 1.69. The van der Waals surface area contributed by atoms with Crippen LogP contribution in [0.4, 0.5) is 8.78 Å². The first-order valence-corrected chi connectivity index (χ1v) is 5.14. The largest absolute Gasteiger partial charge is 0.299 e. The predicted molar refractivity (Wildman–Crippen MR) is 61.3 cm³/mol. The maximum absolute atomic E-state index is 14.2. The summed E-state index contributed by atoms with van der Waals surface area (Å²) in [6.07, 6.45) is 0.451. The Bertz CT molecular complexity index is 521. The van der Waals surface area contributed by atoms with Gasteiger partial charge >= 0.3 is 0 Å². The van der Waals surface area contributed by atoms with Gasteiger partial charge in [-0.25, -0.2) is 0 Å². The lowest BCUT2D eigenvalue weighted by molar-refractivity contribution is 0.0419. The third-order valence-corrected chi connectivity index (χ3v) is 2.56. The van der Waals surface area contributed by atoms with Crippen molar-refractivity contribution in [2.75, 3.05) is 0 Å². The fourth-order valence-corrected chi connectivity index (χ4v) is 1.69. The number of hydrogen-bond donors (Lipinski definition) is 0. The van der Waals surface area contributed by atoms with Crippen molar-refractivity contribution in [2.45, 2.75) is 5.92 Å². The summed E-state index contributed by atoms with van der Waals surface area (Å²) in [5.41, 5.74) is -0.364. The number of halogens is 2. The Labute approximate surface area is 97.7 Å². The Morgan fingerprint density at radius 1 is 0.882 bits per heavy atom. The van der Waals surface area contributed by atoms with Crippen molar-refractivity contribution in [1.82, 2.24) is 0 Å². The molecule has 2 aromatic rings. The molecular weight excluding hydrogens is 222 g/mol. The summed E-state index contributed by atoms with van der Waals surface area (Å²) in [6.45, 7) is 0. The van der Waals surface area contributed by atoms with E-state index in [1.54, 1.807) is 24.3 Å². The van der Waals surface area contributed by atoms with Crippen LogP contribution in [-0.2, 0) is 5.92 Å². The van der Waals surface area contributed by atoms with Crippen LogP contribution in [0.1, 0.15) is 21.5 Å². The van der Waals surface area contributed by atoms with E-state index in [9.17, 15) is 13.6 Å². The number of aldehydes is 1. The van der Waals surface area contributed by atoms with Crippen LogP contribution in [0.5, 0.6) is 0 Å². The Morgan fingerprint density at radius 2 is 1.47 bits per heavy atom. The van der Waals surface area contributed by atoms with Crippen LogP contribution in [0, 0.1) is 0 Å². The molecule has 0 bridgehead atoms. The molecule has 0 amide bonds. The number of hydrogen-bond acceptors (Lipinski definition) is 1. The van der Waals surface area contributed by atoms with Gasteiger partial charge in [-0.2, -0.15) is 8.78 Å². The molecule has 1 nitrogen and oxygen atoms in total. The normalized spacial score (nSPS) is 11.2. The van der Waals surface area contributed by atoms with Crippen molar-refractivity contribution in [3.05, 3.63) is 71.3 Å². The lowest BCUT2D eigenvalue weighted by Gasteiger charge is -2.18. The lowest BCUT2D eigenvalue weighted by Crippen LogP contribution is -2.17. The van der Waals surface area contributed by atoms with Crippen LogP contribution in [0.2, 0.25) is 0 Å². The highest BCUT2D eigenvalue weighted by Gasteiger charge is 2.35. The molecule has 0 radical (unpaired) electrons. The Kier molecular flexibility index (Phi) is 3.00. The van der Waals surface area contributed by atoms with Gasteiger partial charge in [0.2, 0.25) is 0 Å². The SMILES string of the molecule is O=Cc1ccccc1C(F)(F)c1ccccc1. The lowest BCUT2D eigenvalue weighted by atomic mass is 9.96. The molecule has 0 saturated carbocycles. The second-order valence-electron chi connectivity index (χ2n) is 3.65. The van der Waals surface area contributed by atoms with E-state index in [0.29, 0.717) is 6.29 Å². The van der Waals surface area contributed by atoms with Gasteiger partial charge in [-0.1, -0.05) is 54.6 Å². The minimum absolute atomic E-state index is 0.0151. The van der Waals surface area contributed by atoms with Crippen molar-refractivity contribution >= 4 is 6.29 Å². The number of benzene rings is 2. The molecule has 17 heavy (non-hydrogen) atoms. The standard InChI is InChI=1S/C14H10F2O/c15-14(16,12-7-2-1-3-8-12)13-9-5-4-6-11(13)10-17/h1-10H. The van der Waals surface area contributed by atoms with Crippen LogP contribution < -0.4 is 0 Å². The van der Waals surface area contributed by atoms with E-state index in [4.69, 9.17) is 0 Å². The number of alkyl halides is 2. The van der Waals surface area contributed by atoms with Gasteiger partial charge in [0.05, 0.1) is 0 Å². The molecule has 3 heteroatoms. The molecule has 0 atom stereocenters. The zero-order valence-electron chi connectivity index (χ0n) is 8.94. The average molecular weight is 232 g/mol. The molecule has 0 heterocycles. The third-order valence-electron chi connectivity index (χ3n) is 2.56. The summed E-state index contributed by atoms with van der Waals surface area (Å²) in [5, 5.41) is 0. The van der Waals surface area contributed by atoms with Crippen molar-refractivity contribution in [2.24, 2.45) is 0 Å². The topological polar surface area (TPSA) is 17.1 Å². The molecule has 0 fully saturated rings. The van der Waals surface area contributed by atoms with E-state index < -0.39 is 5.92 Å². The molecule has 0 aliphatic rings. The van der Waals surface area contributed by atoms with Crippen LogP contribution >= 0.6 is 0 Å². The van der Waals surface area contributed by atoms with Gasteiger partial charge in [0.25, 0.3) is 5.92 Å². The molecule has 0 unspecified atom stereocenters. The number of carbonyl (C=O) groups is 1. The van der Waals surface area contributed by atoms with Crippen molar-refractivity contribution in [1.29, 1.82) is 0 Å². The minimum atomic E-state index is -3.15. The van der Waals surface area contributed by atoms with Crippen LogP contribution in [0.25, 0.3) is 0 Å². The highest BCUT2D eigenvalue weighted by molar-refractivity contribution is 5.78. The summed E-state index contributed by atoms with van der Waals surface area (Å²) in [4.78, 5) is 10.8. The Balaban J connectivity index is 2.55. The molecule has 0 aliphatic carbocycles. The second kappa shape index (κ2) is 4.45. The third kappa shape index (κ3) is 2.09. The van der Waals surface area contributed by atoms with Gasteiger partial charge in [0.15, 0.2) is 6.29 Å². The molecule has 0 aromatic heterocycles. The molecule has 0 N–H and O–H groups in total. The van der Waals surface area contributed by atoms with Gasteiger partial charge < -0.3 is 0 Å². The minimum Gasteiger partial charge on any atom is -0.298 e. The van der Waals surface area contributed by atoms with Gasteiger partial charge in [0, 0.05) is 16.7 Å². The van der Waals surface area contributed by atoms with Gasteiger partial charge in [-0.05, 0) is 0 Å². The first-order chi connectivity index (χ1) is 8.16. The summed E-state index contributed by atoms with van der Waals surface area (Å²) in [7, 11) is 0. The van der Waals surface area contributed by atoms with E-state index in [1.807, 2.05) is 0 Å². The van der Waals surface area contributed by atoms with E-state index in [-0.39, 0.29) is 16.7 Å². The number of carbonyl (C=O) groups excluding carboxylic acids is 1. The predicted octanol–water partition coefficient (Wildman–Crippen LogP) is 3.64. The summed E-state index contributed by atoms with van der Waals surface area (Å²) in [6, 6.07) is 13.2. The average Bonchev–Trinajstić information content (AvgIpc) is 2.39. The summed E-state index contributed by atoms with van der Waals surface area (Å²) < 4.78 is 28.4.